The highest BCUT2D eigenvalue weighted by Gasteiger charge is 2.51. The molecule has 22 heterocycles. The first-order valence-electron chi connectivity index (χ1n) is 41.5. The van der Waals surface area contributed by atoms with Crippen LogP contribution >= 0.6 is 0 Å². The number of hydrogen-bond donors (Lipinski definition) is 4. The van der Waals surface area contributed by atoms with Gasteiger partial charge in [-0.15, -0.1) is 0 Å². The quantitative estimate of drug-likeness (QED) is 0.0780. The Balaban J connectivity index is 0.000000104. The predicted molar refractivity (Wildman–Crippen MR) is 427 cm³/mol. The first-order valence-corrected chi connectivity index (χ1v) is 41.5. The molecule has 14 aliphatic heterocycles. The summed E-state index contributed by atoms with van der Waals surface area (Å²) in [6.45, 7) is 8.45. The Kier molecular flexibility index (Phi) is 20.2. The lowest BCUT2D eigenvalue weighted by molar-refractivity contribution is -0.155. The van der Waals surface area contributed by atoms with E-state index in [-0.39, 0.29) is 66.9 Å². The molecule has 616 valence electrons. The predicted octanol–water partition coefficient (Wildman–Crippen LogP) is 9.58. The van der Waals surface area contributed by atoms with Gasteiger partial charge in [0.2, 0.25) is 53.5 Å². The van der Waals surface area contributed by atoms with E-state index in [0.717, 1.165) is 178 Å². The van der Waals surface area contributed by atoms with Crippen molar-refractivity contribution in [1.82, 2.24) is 89.5 Å². The molecule has 8 N–H and O–H groups in total. The number of ether oxygens (including phenoxy) is 1. The Hall–Kier alpha value is -10.4. The minimum absolute atomic E-state index is 0.00134. The number of rotatable bonds is 13. The van der Waals surface area contributed by atoms with Crippen molar-refractivity contribution < 1.29 is 35.9 Å². The molecular formula is C81H98F6N28O2. The van der Waals surface area contributed by atoms with Crippen LogP contribution in [-0.4, -0.2) is 240 Å². The number of carbonyl (C=O) groups is 1. The number of nitrogens with two attached hydrogens (primary N) is 4. The molecule has 17 fully saturated rings. The van der Waals surface area contributed by atoms with Crippen molar-refractivity contribution in [3.63, 3.8) is 0 Å². The Labute approximate surface area is 673 Å². The van der Waals surface area contributed by atoms with Crippen LogP contribution in [0, 0.1) is 17.8 Å². The van der Waals surface area contributed by atoms with Gasteiger partial charge in [-0.05, 0) is 152 Å². The summed E-state index contributed by atoms with van der Waals surface area (Å²) in [5.41, 5.74) is 29.5. The SMILES string of the molecule is CC(=O)N1C2CCC1CC(c1cc(-c3cnc(N)nc3)nc(N3CC4CC3C4)n1)C2.CC1(F)CCCN(c2nc(-c3cnc(N)nc3)cc(N3C[C@@H]4C[C@H]3CO4)n2)CC1.Nc1ncc(-c2cc(C3CC4CCC(C3)N4CC(F)(F)F)nc(N3CC4CC3C4)n2)cn1.Nc1ncc(-c2cc(N3C[C@@H](F)[C@@H](F)C3)nc(N3CC4CC3C4)n2)cn1. The Morgan fingerprint density at radius 2 is 0.855 bits per heavy atom. The first-order chi connectivity index (χ1) is 56.4. The number of anilines is 10. The standard InChI is InChI=1S/C22H26F3N7.C22H27N7O.C20H26FN7O.C17H19F2N7/c23-22(24,25)11-32-15-1-2-16(32)6-13(5-15)18-7-19(14-8-27-20(26)28-9-14)30-21(29-18)31-10-12-3-17(31)4-12;1-12(30)29-16-2-3-17(29)7-14(6-16)19-8-20(15-9-24-21(23)25-10-15)27-22(26-19)28-11-13-4-18(28)5-13;1-20(21)3-2-5-27(6-4-20)19-25-16(13-9-23-18(22)24-10-13)8-17(26-19)28-11-15-7-14(28)12-29-15;18-12-7-25(8-13(12)19)15-3-14(10-4-21-16(20)22-5-10)23-17(24-15)26-6-9-1-11(26)2-9/h7-9,12-13,15-17H,1-6,10-11H2,(H2,26,27,28);8-10,13-14,16-18H,2-7,11H2,1H3,(H2,23,24,25);8-10,14-15H,2-7,11-12H2,1H3,(H2,22,23,24);3-5,9,11-13H,1-2,6-8H2,(H2,20,21,22)/t;;14-,15-,20?;9?,11?,12-,13+/m..0./s1. The number of carbonyl (C=O) groups excluding carboxylic acids is 1. The van der Waals surface area contributed by atoms with Crippen molar-refractivity contribution in [3.8, 4) is 45.0 Å². The van der Waals surface area contributed by atoms with Gasteiger partial charge < -0.3 is 62.0 Å². The number of fused-ring (bicyclic) bond motifs is 9. The third kappa shape index (κ3) is 15.9. The smallest absolute Gasteiger partial charge is 0.374 e. The highest BCUT2D eigenvalue weighted by molar-refractivity contribution is 5.75. The molecule has 1 amide bonds. The van der Waals surface area contributed by atoms with E-state index in [1.54, 1.807) is 79.3 Å². The van der Waals surface area contributed by atoms with Crippen molar-refractivity contribution in [2.45, 2.75) is 220 Å². The zero-order chi connectivity index (χ0) is 80.3. The van der Waals surface area contributed by atoms with Crippen molar-refractivity contribution in [2.75, 3.05) is 118 Å². The van der Waals surface area contributed by atoms with Gasteiger partial charge in [-0.1, -0.05) is 0 Å². The largest absolute Gasteiger partial charge is 0.401 e. The van der Waals surface area contributed by atoms with E-state index in [4.69, 9.17) is 57.6 Å². The summed E-state index contributed by atoms with van der Waals surface area (Å²) in [6, 6.07) is 10.3. The summed E-state index contributed by atoms with van der Waals surface area (Å²) in [5.74, 6) is 8.01. The molecule has 8 aromatic heterocycles. The number of morpholine rings is 1. The molecule has 14 saturated heterocycles. The molecule has 5 unspecified atom stereocenters. The van der Waals surface area contributed by atoms with Crippen LogP contribution in [0.2, 0.25) is 0 Å². The van der Waals surface area contributed by atoms with E-state index in [1.807, 2.05) is 12.1 Å². The number of nitrogen functional groups attached to an aromatic ring is 4. The van der Waals surface area contributed by atoms with Crippen molar-refractivity contribution in [3.05, 3.63) is 85.2 Å². The number of aromatic nitrogens is 16. The molecule has 0 spiro atoms. The maximum atomic E-state index is 14.5. The normalized spacial score (nSPS) is 30.7. The van der Waals surface area contributed by atoms with Gasteiger partial charge in [0.1, 0.15) is 17.3 Å². The van der Waals surface area contributed by atoms with Crippen molar-refractivity contribution in [2.24, 2.45) is 17.8 Å². The van der Waals surface area contributed by atoms with Crippen molar-refractivity contribution in [1.29, 1.82) is 0 Å². The monoisotopic (exact) mass is 1610 g/mol. The highest BCUT2D eigenvalue weighted by atomic mass is 19.4. The summed E-state index contributed by atoms with van der Waals surface area (Å²) in [6.07, 6.45) is 23.8. The van der Waals surface area contributed by atoms with Gasteiger partial charge in [0, 0.05) is 196 Å². The van der Waals surface area contributed by atoms with Crippen LogP contribution in [0.4, 0.5) is 85.6 Å². The van der Waals surface area contributed by atoms with E-state index in [0.29, 0.717) is 109 Å². The average molecular weight is 1610 g/mol. The number of halogens is 6. The fraction of sp³-hybridized carbons (Fsp3) is 0.593. The molecule has 3 saturated carbocycles. The van der Waals surface area contributed by atoms with Crippen LogP contribution in [0.1, 0.15) is 153 Å². The minimum atomic E-state index is -4.16. The van der Waals surface area contributed by atoms with Gasteiger partial charge in [-0.3, -0.25) is 9.69 Å². The van der Waals surface area contributed by atoms with Crippen LogP contribution in [0.15, 0.2) is 73.8 Å². The molecule has 12 bridgehead atoms. The molecular weight excluding hydrogens is 1510 g/mol. The Bertz CT molecular complexity index is 4890. The molecule has 36 heteroatoms. The van der Waals surface area contributed by atoms with Gasteiger partial charge in [-0.2, -0.15) is 23.1 Å². The summed E-state index contributed by atoms with van der Waals surface area (Å²) < 4.78 is 86.9. The molecule has 25 rings (SSSR count). The van der Waals surface area contributed by atoms with Gasteiger partial charge in [0.25, 0.3) is 0 Å². The number of amides is 1. The average Bonchev–Trinajstić information content (AvgIpc) is 1.72. The van der Waals surface area contributed by atoms with Crippen LogP contribution in [0.5, 0.6) is 0 Å². The molecule has 0 aromatic carbocycles. The van der Waals surface area contributed by atoms with Crippen LogP contribution in [0.3, 0.4) is 0 Å². The number of nitrogens with zero attached hydrogens (tertiary/aromatic N) is 24. The fourth-order valence-corrected chi connectivity index (χ4v) is 20.8. The minimum Gasteiger partial charge on any atom is -0.374 e. The second kappa shape index (κ2) is 30.8. The van der Waals surface area contributed by atoms with Crippen LogP contribution in [0.25, 0.3) is 45.0 Å². The number of alkyl halides is 6. The molecule has 30 nitrogen and oxygen atoms in total. The third-order valence-electron chi connectivity index (χ3n) is 27.0. The molecule has 9 atom stereocenters. The lowest BCUT2D eigenvalue weighted by Gasteiger charge is -2.39. The fourth-order valence-electron chi connectivity index (χ4n) is 20.8. The summed E-state index contributed by atoms with van der Waals surface area (Å²) in [5, 5.41) is 0. The van der Waals surface area contributed by atoms with E-state index >= 15 is 0 Å². The summed E-state index contributed by atoms with van der Waals surface area (Å²) in [4.78, 5) is 100. The van der Waals surface area contributed by atoms with E-state index in [9.17, 15) is 31.1 Å². The van der Waals surface area contributed by atoms with E-state index in [2.05, 4.69) is 85.3 Å². The number of hydrogen-bond acceptors (Lipinski definition) is 29. The van der Waals surface area contributed by atoms with Gasteiger partial charge in [0.05, 0.1) is 61.2 Å². The second-order valence-electron chi connectivity index (χ2n) is 35.0. The third-order valence-corrected chi connectivity index (χ3v) is 27.0. The molecule has 17 aliphatic rings. The lowest BCUT2D eigenvalue weighted by Crippen LogP contribution is -2.47. The molecule has 3 aliphatic carbocycles. The first kappa shape index (κ1) is 76.6. The van der Waals surface area contributed by atoms with Gasteiger partial charge >= 0.3 is 6.18 Å². The second-order valence-corrected chi connectivity index (χ2v) is 35.0. The van der Waals surface area contributed by atoms with Crippen LogP contribution < -0.4 is 52.3 Å². The molecule has 8 aromatic rings. The van der Waals surface area contributed by atoms with E-state index < -0.39 is 30.7 Å². The van der Waals surface area contributed by atoms with Gasteiger partial charge in [0.15, 0.2) is 12.3 Å². The summed E-state index contributed by atoms with van der Waals surface area (Å²) in [7, 11) is 0. The number of piperidine rings is 2. The summed E-state index contributed by atoms with van der Waals surface area (Å²) >= 11 is 0. The van der Waals surface area contributed by atoms with Crippen molar-refractivity contribution >= 4 is 65.1 Å². The zero-order valence-corrected chi connectivity index (χ0v) is 65.6. The van der Waals surface area contributed by atoms with E-state index in [1.165, 1.54) is 25.7 Å². The maximum absolute atomic E-state index is 14.5. The zero-order valence-electron chi connectivity index (χ0n) is 65.6. The molecule has 117 heavy (non-hydrogen) atoms. The topological polar surface area (TPSA) is 363 Å². The maximum Gasteiger partial charge on any atom is 0.401 e. The Morgan fingerprint density at radius 3 is 1.26 bits per heavy atom. The highest BCUT2D eigenvalue weighted by Crippen LogP contribution is 2.50. The van der Waals surface area contributed by atoms with Gasteiger partial charge in [-0.25, -0.2) is 82.9 Å². The molecule has 0 radical (unpaired) electrons. The Morgan fingerprint density at radius 1 is 0.453 bits per heavy atom. The lowest BCUT2D eigenvalue weighted by atomic mass is 9.86. The van der Waals surface area contributed by atoms with Crippen LogP contribution in [-0.2, 0) is 9.53 Å².